The zero-order valence-electron chi connectivity index (χ0n) is 24.8. The summed E-state index contributed by atoms with van der Waals surface area (Å²) in [5.41, 5.74) is 10.5. The van der Waals surface area contributed by atoms with E-state index in [2.05, 4.69) is 193 Å². The lowest BCUT2D eigenvalue weighted by atomic mass is 9.92. The topological polar surface area (TPSA) is 3.24 Å². The van der Waals surface area contributed by atoms with Crippen LogP contribution < -0.4 is 4.90 Å². The minimum Gasteiger partial charge on any atom is -0.309 e. The summed E-state index contributed by atoms with van der Waals surface area (Å²) in [6, 6.07) is 67.8. The molecule has 0 radical (unpaired) electrons. The number of anilines is 3. The lowest BCUT2D eigenvalue weighted by Gasteiger charge is -2.32. The first-order valence-electron chi connectivity index (χ1n) is 15.5. The van der Waals surface area contributed by atoms with Crippen LogP contribution in [-0.2, 0) is 0 Å². The summed E-state index contributed by atoms with van der Waals surface area (Å²) < 4.78 is 0. The fourth-order valence-corrected chi connectivity index (χ4v) is 6.54. The van der Waals surface area contributed by atoms with E-state index in [0.29, 0.717) is 0 Å². The molecule has 45 heavy (non-hydrogen) atoms. The van der Waals surface area contributed by atoms with Gasteiger partial charge in [-0.3, -0.25) is 0 Å². The Morgan fingerprint density at radius 1 is 0.289 bits per heavy atom. The molecule has 1 heteroatoms. The lowest BCUT2D eigenvalue weighted by Crippen LogP contribution is -2.14. The van der Waals surface area contributed by atoms with Gasteiger partial charge in [0.05, 0.1) is 17.1 Å². The number of nitrogens with zero attached hydrogens (tertiary/aromatic N) is 1. The van der Waals surface area contributed by atoms with Gasteiger partial charge in [0.15, 0.2) is 0 Å². The zero-order chi connectivity index (χ0) is 30.0. The first kappa shape index (κ1) is 26.7. The maximum Gasteiger partial charge on any atom is 0.0547 e. The highest BCUT2D eigenvalue weighted by Gasteiger charge is 2.24. The van der Waals surface area contributed by atoms with Crippen LogP contribution in [-0.4, -0.2) is 0 Å². The number of para-hydroxylation sites is 2. The van der Waals surface area contributed by atoms with Gasteiger partial charge in [-0.2, -0.15) is 0 Å². The van der Waals surface area contributed by atoms with E-state index in [1.165, 1.54) is 54.9 Å². The molecule has 0 heterocycles. The van der Waals surface area contributed by atoms with Crippen molar-refractivity contribution >= 4 is 38.6 Å². The van der Waals surface area contributed by atoms with Crippen LogP contribution in [0.15, 0.2) is 188 Å². The highest BCUT2D eigenvalue weighted by Crippen LogP contribution is 2.49. The molecule has 0 atom stereocenters. The largest absolute Gasteiger partial charge is 0.309 e. The van der Waals surface area contributed by atoms with Gasteiger partial charge in [0.2, 0.25) is 0 Å². The second kappa shape index (κ2) is 11.6. The van der Waals surface area contributed by atoms with Gasteiger partial charge >= 0.3 is 0 Å². The van der Waals surface area contributed by atoms with Gasteiger partial charge in [-0.05, 0) is 62.5 Å². The molecule has 8 rings (SSSR count). The van der Waals surface area contributed by atoms with Crippen LogP contribution >= 0.6 is 0 Å². The van der Waals surface area contributed by atoms with Crippen molar-refractivity contribution in [1.82, 2.24) is 0 Å². The molecule has 0 saturated carbocycles. The molecule has 0 aliphatic heterocycles. The van der Waals surface area contributed by atoms with Crippen molar-refractivity contribution in [3.05, 3.63) is 188 Å². The first-order chi connectivity index (χ1) is 22.3. The Morgan fingerprint density at radius 2 is 0.778 bits per heavy atom. The number of rotatable bonds is 6. The summed E-state index contributed by atoms with van der Waals surface area (Å²) in [6.45, 7) is 0. The normalized spacial score (nSPS) is 11.1. The summed E-state index contributed by atoms with van der Waals surface area (Å²) in [6.07, 6.45) is 0. The third kappa shape index (κ3) is 4.95. The minimum atomic E-state index is 1.13. The van der Waals surface area contributed by atoms with Crippen molar-refractivity contribution in [2.24, 2.45) is 0 Å². The van der Waals surface area contributed by atoms with E-state index in [-0.39, 0.29) is 0 Å². The van der Waals surface area contributed by atoms with Crippen LogP contribution in [0.4, 0.5) is 17.1 Å². The molecule has 0 aliphatic rings. The number of hydrogen-bond donors (Lipinski definition) is 0. The summed E-state index contributed by atoms with van der Waals surface area (Å²) >= 11 is 0. The second-order valence-corrected chi connectivity index (χ2v) is 11.3. The number of hydrogen-bond acceptors (Lipinski definition) is 1. The van der Waals surface area contributed by atoms with Crippen molar-refractivity contribution in [3.63, 3.8) is 0 Å². The number of fused-ring (bicyclic) bond motifs is 2. The Bertz CT molecular complexity index is 2180. The monoisotopic (exact) mass is 573 g/mol. The van der Waals surface area contributed by atoms with Gasteiger partial charge in [-0.1, -0.05) is 164 Å². The predicted molar refractivity (Wildman–Crippen MR) is 192 cm³/mol. The highest BCUT2D eigenvalue weighted by atomic mass is 15.1. The van der Waals surface area contributed by atoms with Crippen molar-refractivity contribution in [3.8, 4) is 33.4 Å². The Balaban J connectivity index is 1.48. The Labute approximate surface area is 264 Å². The van der Waals surface area contributed by atoms with E-state index in [1.54, 1.807) is 0 Å². The fourth-order valence-electron chi connectivity index (χ4n) is 6.54. The SMILES string of the molecule is c1ccc(-c2ccccc2N(c2ccccc2-c2ccccc2)c2ccc3ccccc3c2-c2ccc3ccccc3c2)cc1. The second-order valence-electron chi connectivity index (χ2n) is 11.3. The Morgan fingerprint density at radius 3 is 1.42 bits per heavy atom. The molecule has 0 amide bonds. The molecule has 8 aromatic carbocycles. The standard InChI is InChI=1S/C44H31N/c1-3-16-33(17-4-1)38-22-11-13-25-41(38)45(42-26-14-12-23-39(42)34-18-5-2-6-19-34)43-30-29-35-20-9-10-24-40(35)44(43)37-28-27-32-15-7-8-21-36(32)31-37/h1-31H. The molecule has 212 valence electrons. The molecule has 0 spiro atoms. The van der Waals surface area contributed by atoms with E-state index in [9.17, 15) is 0 Å². The molecule has 0 N–H and O–H groups in total. The van der Waals surface area contributed by atoms with Gasteiger partial charge in [-0.25, -0.2) is 0 Å². The van der Waals surface area contributed by atoms with E-state index in [4.69, 9.17) is 0 Å². The van der Waals surface area contributed by atoms with E-state index < -0.39 is 0 Å². The van der Waals surface area contributed by atoms with Gasteiger partial charge in [0, 0.05) is 16.7 Å². The van der Waals surface area contributed by atoms with Crippen molar-refractivity contribution in [2.75, 3.05) is 4.90 Å². The highest BCUT2D eigenvalue weighted by molar-refractivity contribution is 6.08. The average molecular weight is 574 g/mol. The third-order valence-electron chi connectivity index (χ3n) is 8.65. The van der Waals surface area contributed by atoms with Crippen LogP contribution in [0.5, 0.6) is 0 Å². The maximum absolute atomic E-state index is 2.47. The third-order valence-corrected chi connectivity index (χ3v) is 8.65. The van der Waals surface area contributed by atoms with Crippen LogP contribution in [0, 0.1) is 0 Å². The molecule has 0 saturated heterocycles. The van der Waals surface area contributed by atoms with Crippen molar-refractivity contribution < 1.29 is 0 Å². The summed E-state index contributed by atoms with van der Waals surface area (Å²) in [7, 11) is 0. The minimum absolute atomic E-state index is 1.13. The molecule has 8 aromatic rings. The molecule has 0 aromatic heterocycles. The summed E-state index contributed by atoms with van der Waals surface area (Å²) in [4.78, 5) is 2.47. The molecule has 0 aliphatic carbocycles. The van der Waals surface area contributed by atoms with Crippen molar-refractivity contribution in [1.29, 1.82) is 0 Å². The zero-order valence-corrected chi connectivity index (χ0v) is 24.8. The van der Waals surface area contributed by atoms with E-state index >= 15 is 0 Å². The van der Waals surface area contributed by atoms with Gasteiger partial charge in [0.25, 0.3) is 0 Å². The van der Waals surface area contributed by atoms with Gasteiger partial charge in [-0.15, -0.1) is 0 Å². The maximum atomic E-state index is 2.47. The van der Waals surface area contributed by atoms with Crippen LogP contribution in [0.2, 0.25) is 0 Å². The lowest BCUT2D eigenvalue weighted by molar-refractivity contribution is 1.29. The summed E-state index contributed by atoms with van der Waals surface area (Å²) in [5, 5.41) is 4.92. The Hall–Kier alpha value is -5.92. The molecule has 1 nitrogen and oxygen atoms in total. The molecular formula is C44H31N. The molecule has 0 bridgehead atoms. The Kier molecular flexibility index (Phi) is 6.90. The van der Waals surface area contributed by atoms with Gasteiger partial charge in [0.1, 0.15) is 0 Å². The van der Waals surface area contributed by atoms with Crippen LogP contribution in [0.25, 0.3) is 54.9 Å². The average Bonchev–Trinajstić information content (AvgIpc) is 3.12. The summed E-state index contributed by atoms with van der Waals surface area (Å²) in [5.74, 6) is 0. The quantitative estimate of drug-likeness (QED) is 0.191. The van der Waals surface area contributed by atoms with E-state index in [1.807, 2.05) is 0 Å². The van der Waals surface area contributed by atoms with Crippen molar-refractivity contribution in [2.45, 2.75) is 0 Å². The first-order valence-corrected chi connectivity index (χ1v) is 15.5. The van der Waals surface area contributed by atoms with Gasteiger partial charge < -0.3 is 4.90 Å². The predicted octanol–water partition coefficient (Wildman–Crippen LogP) is 12.5. The number of benzene rings is 8. The smallest absolute Gasteiger partial charge is 0.0547 e. The fraction of sp³-hybridized carbons (Fsp3) is 0. The molecule has 0 fully saturated rings. The molecule has 0 unspecified atom stereocenters. The molecular weight excluding hydrogens is 542 g/mol. The van der Waals surface area contributed by atoms with Crippen LogP contribution in [0.1, 0.15) is 0 Å². The van der Waals surface area contributed by atoms with Crippen LogP contribution in [0.3, 0.4) is 0 Å². The van der Waals surface area contributed by atoms with E-state index in [0.717, 1.165) is 17.1 Å².